The highest BCUT2D eigenvalue weighted by atomic mass is 16.6. The molecule has 2 fully saturated rings. The third-order valence-electron chi connectivity index (χ3n) is 3.84. The second kappa shape index (κ2) is 9.72. The first-order valence-corrected chi connectivity index (χ1v) is 8.31. The van der Waals surface area contributed by atoms with Crippen LogP contribution in [0.15, 0.2) is 0 Å². The van der Waals surface area contributed by atoms with Gasteiger partial charge in [0.25, 0.3) is 0 Å². The predicted octanol–water partition coefficient (Wildman–Crippen LogP) is 2.94. The zero-order chi connectivity index (χ0) is 14.0. The maximum atomic E-state index is 5.96. The van der Waals surface area contributed by atoms with E-state index in [9.17, 15) is 0 Å². The fraction of sp³-hybridized carbons (Fsp3) is 1.00. The largest absolute Gasteiger partial charge is 0.379 e. The molecule has 0 bridgehead atoms. The molecule has 0 amide bonds. The SMILES string of the molecule is CCCCCCCC(CCOCC1CO1)OCC1CO1. The van der Waals surface area contributed by atoms with E-state index in [2.05, 4.69) is 6.92 Å². The monoisotopic (exact) mass is 286 g/mol. The Morgan fingerprint density at radius 1 is 0.950 bits per heavy atom. The molecule has 4 heteroatoms. The van der Waals surface area contributed by atoms with Crippen molar-refractivity contribution in [2.45, 2.75) is 70.2 Å². The molecule has 0 N–H and O–H groups in total. The Balaban J connectivity index is 1.49. The van der Waals surface area contributed by atoms with Crippen LogP contribution in [-0.2, 0) is 18.9 Å². The van der Waals surface area contributed by atoms with Gasteiger partial charge in [-0.1, -0.05) is 39.0 Å². The third kappa shape index (κ3) is 8.20. The minimum Gasteiger partial charge on any atom is -0.379 e. The van der Waals surface area contributed by atoms with Crippen LogP contribution in [0.5, 0.6) is 0 Å². The highest BCUT2D eigenvalue weighted by Crippen LogP contribution is 2.16. The highest BCUT2D eigenvalue weighted by molar-refractivity contribution is 4.70. The van der Waals surface area contributed by atoms with Gasteiger partial charge in [0.05, 0.1) is 32.5 Å². The van der Waals surface area contributed by atoms with Crippen molar-refractivity contribution >= 4 is 0 Å². The molecule has 0 aliphatic carbocycles. The Labute approximate surface area is 123 Å². The first kappa shape index (κ1) is 16.2. The van der Waals surface area contributed by atoms with Gasteiger partial charge in [0.2, 0.25) is 0 Å². The molecular weight excluding hydrogens is 256 g/mol. The molecule has 2 aliphatic rings. The smallest absolute Gasteiger partial charge is 0.104 e. The molecule has 0 saturated carbocycles. The van der Waals surface area contributed by atoms with E-state index in [0.29, 0.717) is 18.3 Å². The molecule has 0 aromatic carbocycles. The number of epoxide rings is 2. The lowest BCUT2D eigenvalue weighted by Crippen LogP contribution is -2.19. The zero-order valence-electron chi connectivity index (χ0n) is 12.9. The second-order valence-electron chi connectivity index (χ2n) is 5.93. The number of hydrogen-bond acceptors (Lipinski definition) is 4. The van der Waals surface area contributed by atoms with Crippen molar-refractivity contribution in [3.8, 4) is 0 Å². The topological polar surface area (TPSA) is 43.5 Å². The molecule has 4 nitrogen and oxygen atoms in total. The molecule has 0 radical (unpaired) electrons. The van der Waals surface area contributed by atoms with Gasteiger partial charge in [-0.3, -0.25) is 0 Å². The minimum atomic E-state index is 0.334. The lowest BCUT2D eigenvalue weighted by Gasteiger charge is -2.17. The van der Waals surface area contributed by atoms with Crippen LogP contribution >= 0.6 is 0 Å². The maximum absolute atomic E-state index is 5.96. The first-order valence-electron chi connectivity index (χ1n) is 8.31. The standard InChI is InChI=1S/C16H30O4/c1-2-3-4-5-6-7-14(18-12-16-13-20-16)8-9-17-10-15-11-19-15/h14-16H,2-13H2,1H3. The normalized spacial score (nSPS) is 25.6. The summed E-state index contributed by atoms with van der Waals surface area (Å²) in [5, 5.41) is 0. The summed E-state index contributed by atoms with van der Waals surface area (Å²) in [5.41, 5.74) is 0. The molecule has 2 rings (SSSR count). The van der Waals surface area contributed by atoms with Gasteiger partial charge in [0.15, 0.2) is 0 Å². The van der Waals surface area contributed by atoms with Crippen molar-refractivity contribution in [2.75, 3.05) is 33.0 Å². The molecule has 118 valence electrons. The molecule has 3 atom stereocenters. The summed E-state index contributed by atoms with van der Waals surface area (Å²) in [5.74, 6) is 0. The van der Waals surface area contributed by atoms with Gasteiger partial charge in [-0.05, 0) is 12.8 Å². The number of ether oxygens (including phenoxy) is 4. The van der Waals surface area contributed by atoms with E-state index in [1.807, 2.05) is 0 Å². The van der Waals surface area contributed by atoms with Crippen molar-refractivity contribution in [3.05, 3.63) is 0 Å². The predicted molar refractivity (Wildman–Crippen MR) is 78.0 cm³/mol. The fourth-order valence-corrected chi connectivity index (χ4v) is 2.29. The summed E-state index contributed by atoms with van der Waals surface area (Å²) >= 11 is 0. The van der Waals surface area contributed by atoms with E-state index in [1.165, 1.54) is 32.1 Å². The van der Waals surface area contributed by atoms with E-state index >= 15 is 0 Å². The lowest BCUT2D eigenvalue weighted by atomic mass is 10.1. The molecular formula is C16H30O4. The van der Waals surface area contributed by atoms with Crippen LogP contribution in [0.1, 0.15) is 51.9 Å². The van der Waals surface area contributed by atoms with Crippen molar-refractivity contribution < 1.29 is 18.9 Å². The van der Waals surface area contributed by atoms with Gasteiger partial charge >= 0.3 is 0 Å². The highest BCUT2D eigenvalue weighted by Gasteiger charge is 2.25. The van der Waals surface area contributed by atoms with Crippen LogP contribution in [0, 0.1) is 0 Å². The molecule has 2 heterocycles. The van der Waals surface area contributed by atoms with Gasteiger partial charge < -0.3 is 18.9 Å². The number of unbranched alkanes of at least 4 members (excludes halogenated alkanes) is 4. The van der Waals surface area contributed by atoms with Gasteiger partial charge in [-0.25, -0.2) is 0 Å². The van der Waals surface area contributed by atoms with Crippen molar-refractivity contribution in [2.24, 2.45) is 0 Å². The van der Waals surface area contributed by atoms with Gasteiger partial charge in [0.1, 0.15) is 12.2 Å². The van der Waals surface area contributed by atoms with Gasteiger partial charge in [-0.15, -0.1) is 0 Å². The molecule has 2 aliphatic heterocycles. The number of rotatable bonds is 14. The Bertz CT molecular complexity index is 239. The van der Waals surface area contributed by atoms with E-state index in [-0.39, 0.29) is 0 Å². The van der Waals surface area contributed by atoms with Crippen LogP contribution in [0.25, 0.3) is 0 Å². The van der Waals surface area contributed by atoms with Crippen molar-refractivity contribution in [1.82, 2.24) is 0 Å². The minimum absolute atomic E-state index is 0.334. The van der Waals surface area contributed by atoms with Crippen molar-refractivity contribution in [1.29, 1.82) is 0 Å². The summed E-state index contributed by atoms with van der Waals surface area (Å²) < 4.78 is 21.9. The summed E-state index contributed by atoms with van der Waals surface area (Å²) in [6, 6.07) is 0. The van der Waals surface area contributed by atoms with Crippen LogP contribution in [0.3, 0.4) is 0 Å². The van der Waals surface area contributed by atoms with E-state index in [0.717, 1.165) is 45.9 Å². The van der Waals surface area contributed by atoms with Gasteiger partial charge in [0, 0.05) is 6.61 Å². The Morgan fingerprint density at radius 3 is 2.35 bits per heavy atom. The molecule has 0 aromatic rings. The first-order chi connectivity index (χ1) is 9.88. The van der Waals surface area contributed by atoms with E-state index in [4.69, 9.17) is 18.9 Å². The molecule has 20 heavy (non-hydrogen) atoms. The second-order valence-corrected chi connectivity index (χ2v) is 5.93. The molecule has 0 aromatic heterocycles. The lowest BCUT2D eigenvalue weighted by molar-refractivity contribution is 0.00690. The van der Waals surface area contributed by atoms with Crippen LogP contribution in [0.2, 0.25) is 0 Å². The Morgan fingerprint density at radius 2 is 1.65 bits per heavy atom. The van der Waals surface area contributed by atoms with Crippen molar-refractivity contribution in [3.63, 3.8) is 0 Å². The van der Waals surface area contributed by atoms with E-state index < -0.39 is 0 Å². The quantitative estimate of drug-likeness (QED) is 0.364. The summed E-state index contributed by atoms with van der Waals surface area (Å²) in [4.78, 5) is 0. The Hall–Kier alpha value is -0.160. The summed E-state index contributed by atoms with van der Waals surface area (Å²) in [7, 11) is 0. The van der Waals surface area contributed by atoms with E-state index in [1.54, 1.807) is 0 Å². The summed E-state index contributed by atoms with van der Waals surface area (Å²) in [6.07, 6.45) is 9.80. The molecule has 3 unspecified atom stereocenters. The average molecular weight is 286 g/mol. The van der Waals surface area contributed by atoms with Crippen LogP contribution in [0.4, 0.5) is 0 Å². The van der Waals surface area contributed by atoms with Crippen LogP contribution in [-0.4, -0.2) is 51.3 Å². The summed E-state index contributed by atoms with van der Waals surface area (Å²) in [6.45, 7) is 6.28. The molecule has 2 saturated heterocycles. The zero-order valence-corrected chi connectivity index (χ0v) is 12.9. The maximum Gasteiger partial charge on any atom is 0.104 e. The molecule has 0 spiro atoms. The average Bonchev–Trinajstić information content (AvgIpc) is 3.34. The number of hydrogen-bond donors (Lipinski definition) is 0. The van der Waals surface area contributed by atoms with Crippen LogP contribution < -0.4 is 0 Å². The Kier molecular flexibility index (Phi) is 7.88. The van der Waals surface area contributed by atoms with Gasteiger partial charge in [-0.2, -0.15) is 0 Å². The third-order valence-corrected chi connectivity index (χ3v) is 3.84. The fourth-order valence-electron chi connectivity index (χ4n) is 2.29.